The number of amides is 1. The smallest absolute Gasteiger partial charge is 0.239 e. The molecular formula is C13H19N3O3S. The van der Waals surface area contributed by atoms with Gasteiger partial charge in [-0.1, -0.05) is 6.07 Å². The van der Waals surface area contributed by atoms with E-state index in [9.17, 15) is 13.2 Å². The van der Waals surface area contributed by atoms with E-state index >= 15 is 0 Å². The van der Waals surface area contributed by atoms with E-state index < -0.39 is 9.84 Å². The molecule has 6 nitrogen and oxygen atoms in total. The van der Waals surface area contributed by atoms with E-state index in [1.54, 1.807) is 24.2 Å². The van der Waals surface area contributed by atoms with Gasteiger partial charge in [-0.2, -0.15) is 0 Å². The topological polar surface area (TPSA) is 79.4 Å². The van der Waals surface area contributed by atoms with Crippen molar-refractivity contribution in [1.82, 2.24) is 9.88 Å². The number of hydrogen-bond donors (Lipinski definition) is 1. The second-order valence-electron chi connectivity index (χ2n) is 5.24. The molecule has 0 bridgehead atoms. The minimum absolute atomic E-state index is 0.0725. The summed E-state index contributed by atoms with van der Waals surface area (Å²) in [6, 6.07) is 3.54. The van der Waals surface area contributed by atoms with Crippen molar-refractivity contribution in [3.05, 3.63) is 23.9 Å². The lowest BCUT2D eigenvalue weighted by molar-refractivity contribution is -0.117. The summed E-state index contributed by atoms with van der Waals surface area (Å²) in [6.07, 6.45) is 2.28. The van der Waals surface area contributed by atoms with Crippen LogP contribution >= 0.6 is 0 Å². The van der Waals surface area contributed by atoms with Gasteiger partial charge in [-0.25, -0.2) is 13.4 Å². The van der Waals surface area contributed by atoms with Crippen LogP contribution in [0.5, 0.6) is 0 Å². The number of sulfone groups is 1. The number of aryl methyl sites for hydroxylation is 1. The molecule has 2 rings (SSSR count). The zero-order chi connectivity index (χ0) is 14.8. The zero-order valence-corrected chi connectivity index (χ0v) is 12.5. The number of pyridine rings is 1. The molecule has 1 aliphatic heterocycles. The molecule has 0 unspecified atom stereocenters. The van der Waals surface area contributed by atoms with Gasteiger partial charge in [-0.3, -0.25) is 9.69 Å². The number of carbonyl (C=O) groups excluding carboxylic acids is 1. The molecule has 0 radical (unpaired) electrons. The van der Waals surface area contributed by atoms with Crippen molar-refractivity contribution in [3.8, 4) is 0 Å². The first-order valence-electron chi connectivity index (χ1n) is 6.49. The molecule has 1 aromatic rings. The Kier molecular flexibility index (Phi) is 4.39. The summed E-state index contributed by atoms with van der Waals surface area (Å²) in [5.41, 5.74) is 1.02. The normalized spacial score (nSPS) is 21.1. The molecule has 2 heterocycles. The quantitative estimate of drug-likeness (QED) is 0.873. The van der Waals surface area contributed by atoms with Crippen molar-refractivity contribution in [3.63, 3.8) is 0 Å². The standard InChI is InChI=1S/C13H19N3O3S/c1-10-3-4-12(14-7-10)15-13(17)8-16(2)11-5-6-20(18,19)9-11/h3-4,7,11H,5-6,8-9H2,1-2H3,(H,14,15,17)/t11-/m1/s1. The minimum atomic E-state index is -2.93. The average molecular weight is 297 g/mol. The number of hydrogen-bond acceptors (Lipinski definition) is 5. The van der Waals surface area contributed by atoms with Gasteiger partial charge in [0.15, 0.2) is 9.84 Å². The summed E-state index contributed by atoms with van der Waals surface area (Å²) in [6.45, 7) is 2.09. The highest BCUT2D eigenvalue weighted by Crippen LogP contribution is 2.16. The van der Waals surface area contributed by atoms with Crippen LogP contribution in [0.1, 0.15) is 12.0 Å². The molecule has 110 valence electrons. The third kappa shape index (κ3) is 4.01. The number of nitrogens with zero attached hydrogens (tertiary/aromatic N) is 2. The number of aromatic nitrogens is 1. The molecule has 0 aliphatic carbocycles. The molecular weight excluding hydrogens is 278 g/mol. The van der Waals surface area contributed by atoms with Crippen LogP contribution in [0.15, 0.2) is 18.3 Å². The van der Waals surface area contributed by atoms with Crippen LogP contribution in [-0.2, 0) is 14.6 Å². The molecule has 7 heteroatoms. The van der Waals surface area contributed by atoms with Gasteiger partial charge in [0.05, 0.1) is 18.1 Å². The number of anilines is 1. The van der Waals surface area contributed by atoms with Gasteiger partial charge >= 0.3 is 0 Å². The molecule has 1 saturated heterocycles. The fourth-order valence-corrected chi connectivity index (χ4v) is 4.01. The Labute approximate surface area is 119 Å². The van der Waals surface area contributed by atoms with E-state index in [0.29, 0.717) is 12.2 Å². The fourth-order valence-electron chi connectivity index (χ4n) is 2.20. The van der Waals surface area contributed by atoms with E-state index in [2.05, 4.69) is 10.3 Å². The predicted octanol–water partition coefficient (Wildman–Crippen LogP) is 0.447. The van der Waals surface area contributed by atoms with Crippen molar-refractivity contribution in [2.45, 2.75) is 19.4 Å². The van der Waals surface area contributed by atoms with Gasteiger partial charge in [-0.05, 0) is 32.0 Å². The van der Waals surface area contributed by atoms with Gasteiger partial charge in [0.2, 0.25) is 5.91 Å². The van der Waals surface area contributed by atoms with Crippen molar-refractivity contribution in [2.75, 3.05) is 30.4 Å². The fraction of sp³-hybridized carbons (Fsp3) is 0.538. The third-order valence-electron chi connectivity index (χ3n) is 3.40. The maximum absolute atomic E-state index is 11.9. The average Bonchev–Trinajstić information content (AvgIpc) is 2.73. The molecule has 0 spiro atoms. The van der Waals surface area contributed by atoms with Crippen LogP contribution in [0.25, 0.3) is 0 Å². The summed E-state index contributed by atoms with van der Waals surface area (Å²) in [5.74, 6) is 0.670. The number of carbonyl (C=O) groups is 1. The van der Waals surface area contributed by atoms with E-state index in [1.807, 2.05) is 13.0 Å². The van der Waals surface area contributed by atoms with Crippen LogP contribution < -0.4 is 5.32 Å². The Morgan fingerprint density at radius 2 is 2.25 bits per heavy atom. The van der Waals surface area contributed by atoms with Crippen LogP contribution in [0, 0.1) is 6.92 Å². The Bertz CT molecular complexity index is 583. The number of rotatable bonds is 4. The molecule has 20 heavy (non-hydrogen) atoms. The van der Waals surface area contributed by atoms with Gasteiger partial charge < -0.3 is 5.32 Å². The Balaban J connectivity index is 1.87. The molecule has 1 amide bonds. The van der Waals surface area contributed by atoms with Gasteiger partial charge in [0.25, 0.3) is 0 Å². The van der Waals surface area contributed by atoms with Crippen molar-refractivity contribution >= 4 is 21.6 Å². The molecule has 1 aromatic heterocycles. The summed E-state index contributed by atoms with van der Waals surface area (Å²) >= 11 is 0. The number of likely N-dealkylation sites (N-methyl/N-ethyl adjacent to an activating group) is 1. The Morgan fingerprint density at radius 1 is 1.50 bits per heavy atom. The van der Waals surface area contributed by atoms with Crippen LogP contribution in [0.3, 0.4) is 0 Å². The predicted molar refractivity (Wildman–Crippen MR) is 77.3 cm³/mol. The summed E-state index contributed by atoms with van der Waals surface area (Å²) in [7, 11) is -1.15. The van der Waals surface area contributed by atoms with Crippen molar-refractivity contribution in [1.29, 1.82) is 0 Å². The minimum Gasteiger partial charge on any atom is -0.310 e. The van der Waals surface area contributed by atoms with E-state index in [1.165, 1.54) is 0 Å². The molecule has 0 saturated carbocycles. The Morgan fingerprint density at radius 3 is 2.80 bits per heavy atom. The molecule has 1 N–H and O–H groups in total. The van der Waals surface area contributed by atoms with Crippen molar-refractivity contribution < 1.29 is 13.2 Å². The largest absolute Gasteiger partial charge is 0.310 e. The highest BCUT2D eigenvalue weighted by atomic mass is 32.2. The first-order chi connectivity index (χ1) is 9.35. The monoisotopic (exact) mass is 297 g/mol. The first kappa shape index (κ1) is 14.9. The lowest BCUT2D eigenvalue weighted by Crippen LogP contribution is -2.38. The van der Waals surface area contributed by atoms with E-state index in [-0.39, 0.29) is 30.0 Å². The number of nitrogens with one attached hydrogen (secondary N) is 1. The summed E-state index contributed by atoms with van der Waals surface area (Å²) < 4.78 is 22.8. The maximum atomic E-state index is 11.9. The molecule has 0 aromatic carbocycles. The van der Waals surface area contributed by atoms with Crippen LogP contribution in [0.2, 0.25) is 0 Å². The summed E-state index contributed by atoms with van der Waals surface area (Å²) in [4.78, 5) is 17.8. The second kappa shape index (κ2) is 5.88. The SMILES string of the molecule is Cc1ccc(NC(=O)CN(C)[C@@H]2CCS(=O)(=O)C2)nc1. The molecule has 1 atom stereocenters. The van der Waals surface area contributed by atoms with Gasteiger partial charge in [-0.15, -0.1) is 0 Å². The van der Waals surface area contributed by atoms with Crippen LogP contribution in [0.4, 0.5) is 5.82 Å². The van der Waals surface area contributed by atoms with E-state index in [4.69, 9.17) is 0 Å². The summed E-state index contributed by atoms with van der Waals surface area (Å²) in [5, 5.41) is 2.70. The van der Waals surface area contributed by atoms with E-state index in [0.717, 1.165) is 5.56 Å². The van der Waals surface area contributed by atoms with Crippen LogP contribution in [-0.4, -0.2) is 55.3 Å². The Hall–Kier alpha value is -1.47. The second-order valence-corrected chi connectivity index (χ2v) is 7.47. The van der Waals surface area contributed by atoms with Crippen molar-refractivity contribution in [2.24, 2.45) is 0 Å². The maximum Gasteiger partial charge on any atom is 0.239 e. The molecule has 1 aliphatic rings. The highest BCUT2D eigenvalue weighted by Gasteiger charge is 2.31. The lowest BCUT2D eigenvalue weighted by Gasteiger charge is -2.22. The van der Waals surface area contributed by atoms with Gasteiger partial charge in [0.1, 0.15) is 5.82 Å². The first-order valence-corrected chi connectivity index (χ1v) is 8.31. The third-order valence-corrected chi connectivity index (χ3v) is 5.15. The lowest BCUT2D eigenvalue weighted by atomic mass is 10.2. The molecule has 1 fully saturated rings. The highest BCUT2D eigenvalue weighted by molar-refractivity contribution is 7.91. The zero-order valence-electron chi connectivity index (χ0n) is 11.7. The van der Waals surface area contributed by atoms with Gasteiger partial charge in [0, 0.05) is 12.2 Å².